The summed E-state index contributed by atoms with van der Waals surface area (Å²) in [5.41, 5.74) is 1.82. The maximum Gasteiger partial charge on any atom is 0.166 e. The highest BCUT2D eigenvalue weighted by atomic mass is 32.1. The number of nitrogens with zero attached hydrogens (tertiary/aromatic N) is 3. The van der Waals surface area contributed by atoms with Crippen LogP contribution in [-0.4, -0.2) is 4.37 Å². The van der Waals surface area contributed by atoms with Crippen molar-refractivity contribution in [3.8, 4) is 0 Å². The molecule has 82 valence electrons. The summed E-state index contributed by atoms with van der Waals surface area (Å²) in [6.45, 7) is 0. The van der Waals surface area contributed by atoms with Gasteiger partial charge in [0.25, 0.3) is 0 Å². The molecule has 0 saturated heterocycles. The predicted molar refractivity (Wildman–Crippen MR) is 70.2 cm³/mol. The van der Waals surface area contributed by atoms with Gasteiger partial charge in [0, 0.05) is 5.39 Å². The molecule has 0 aliphatic rings. The SMILES string of the molecule is c1ccc(N=Nc2snc3ccccc23)cc1. The zero-order valence-electron chi connectivity index (χ0n) is 8.95. The van der Waals surface area contributed by atoms with Gasteiger partial charge in [-0.25, -0.2) is 0 Å². The molecule has 0 N–H and O–H groups in total. The Hall–Kier alpha value is -2.07. The quantitative estimate of drug-likeness (QED) is 0.596. The summed E-state index contributed by atoms with van der Waals surface area (Å²) in [4.78, 5) is 0. The zero-order chi connectivity index (χ0) is 11.5. The first-order valence-electron chi connectivity index (χ1n) is 5.25. The van der Waals surface area contributed by atoms with Crippen LogP contribution >= 0.6 is 11.5 Å². The van der Waals surface area contributed by atoms with Crippen molar-refractivity contribution < 1.29 is 0 Å². The van der Waals surface area contributed by atoms with Crippen molar-refractivity contribution in [3.05, 3.63) is 54.6 Å². The molecule has 3 nitrogen and oxygen atoms in total. The molecule has 4 heteroatoms. The number of hydrogen-bond acceptors (Lipinski definition) is 4. The first-order chi connectivity index (χ1) is 8.43. The molecule has 0 aliphatic heterocycles. The summed E-state index contributed by atoms with van der Waals surface area (Å²) in [6, 6.07) is 17.6. The molecule has 0 spiro atoms. The molecule has 0 atom stereocenters. The minimum absolute atomic E-state index is 0.851. The van der Waals surface area contributed by atoms with Crippen LogP contribution in [-0.2, 0) is 0 Å². The van der Waals surface area contributed by atoms with E-state index in [4.69, 9.17) is 0 Å². The lowest BCUT2D eigenvalue weighted by Crippen LogP contribution is -1.64. The molecule has 2 aromatic carbocycles. The van der Waals surface area contributed by atoms with Crippen LogP contribution in [0.15, 0.2) is 64.8 Å². The summed E-state index contributed by atoms with van der Waals surface area (Å²) < 4.78 is 4.32. The van der Waals surface area contributed by atoms with Gasteiger partial charge in [0.2, 0.25) is 0 Å². The van der Waals surface area contributed by atoms with Crippen LogP contribution in [0.2, 0.25) is 0 Å². The van der Waals surface area contributed by atoms with Crippen LogP contribution in [0.25, 0.3) is 10.9 Å². The van der Waals surface area contributed by atoms with Gasteiger partial charge < -0.3 is 0 Å². The fourth-order valence-corrected chi connectivity index (χ4v) is 2.24. The van der Waals surface area contributed by atoms with E-state index in [1.165, 1.54) is 11.5 Å². The molecule has 0 bridgehead atoms. The van der Waals surface area contributed by atoms with Crippen molar-refractivity contribution >= 4 is 33.1 Å². The van der Waals surface area contributed by atoms with E-state index in [-0.39, 0.29) is 0 Å². The fraction of sp³-hybridized carbons (Fsp3) is 0. The average molecular weight is 239 g/mol. The summed E-state index contributed by atoms with van der Waals surface area (Å²) >= 11 is 1.37. The maximum atomic E-state index is 4.32. The predicted octanol–water partition coefficient (Wildman–Crippen LogP) is 4.71. The van der Waals surface area contributed by atoms with E-state index in [0.29, 0.717) is 0 Å². The van der Waals surface area contributed by atoms with Gasteiger partial charge in [0.1, 0.15) is 0 Å². The molecule has 0 fully saturated rings. The summed E-state index contributed by atoms with van der Waals surface area (Å²) in [5, 5.41) is 10.3. The first-order valence-corrected chi connectivity index (χ1v) is 6.02. The van der Waals surface area contributed by atoms with Crippen LogP contribution in [0.4, 0.5) is 10.7 Å². The normalized spacial score (nSPS) is 11.3. The van der Waals surface area contributed by atoms with Crippen LogP contribution in [0.5, 0.6) is 0 Å². The van der Waals surface area contributed by atoms with E-state index in [1.807, 2.05) is 54.6 Å². The number of rotatable bonds is 2. The Bertz CT molecular complexity index is 658. The highest BCUT2D eigenvalue weighted by Gasteiger charge is 2.03. The van der Waals surface area contributed by atoms with Gasteiger partial charge in [-0.15, -0.1) is 10.2 Å². The third kappa shape index (κ3) is 2.07. The van der Waals surface area contributed by atoms with Crippen molar-refractivity contribution in [1.29, 1.82) is 0 Å². The highest BCUT2D eigenvalue weighted by molar-refractivity contribution is 7.11. The van der Waals surface area contributed by atoms with E-state index in [0.717, 1.165) is 21.6 Å². The van der Waals surface area contributed by atoms with Gasteiger partial charge in [-0.3, -0.25) is 0 Å². The van der Waals surface area contributed by atoms with Gasteiger partial charge in [-0.05, 0) is 35.8 Å². The lowest BCUT2D eigenvalue weighted by Gasteiger charge is -1.90. The standard InChI is InChI=1S/C13H9N3S/c1-2-6-10(7-3-1)14-15-13-11-8-4-5-9-12(11)16-17-13/h1-9H. The van der Waals surface area contributed by atoms with E-state index in [9.17, 15) is 0 Å². The second kappa shape index (κ2) is 4.43. The van der Waals surface area contributed by atoms with Gasteiger partial charge in [0.05, 0.1) is 11.2 Å². The molecule has 0 saturated carbocycles. The van der Waals surface area contributed by atoms with E-state index in [1.54, 1.807) is 0 Å². The number of hydrogen-bond donors (Lipinski definition) is 0. The molecular formula is C13H9N3S. The largest absolute Gasteiger partial charge is 0.190 e. The van der Waals surface area contributed by atoms with Gasteiger partial charge in [0.15, 0.2) is 5.00 Å². The fourth-order valence-electron chi connectivity index (χ4n) is 1.55. The summed E-state index contributed by atoms with van der Waals surface area (Å²) in [6.07, 6.45) is 0. The summed E-state index contributed by atoms with van der Waals surface area (Å²) in [7, 11) is 0. The molecule has 0 amide bonds. The minimum atomic E-state index is 0.851. The molecule has 0 unspecified atom stereocenters. The molecule has 0 aliphatic carbocycles. The smallest absolute Gasteiger partial charge is 0.166 e. The second-order valence-corrected chi connectivity index (χ2v) is 4.29. The minimum Gasteiger partial charge on any atom is -0.190 e. The molecule has 1 heterocycles. The Morgan fingerprint density at radius 1 is 0.824 bits per heavy atom. The molecule has 17 heavy (non-hydrogen) atoms. The van der Waals surface area contributed by atoms with Crippen LogP contribution in [0, 0.1) is 0 Å². The van der Waals surface area contributed by atoms with E-state index in [2.05, 4.69) is 14.6 Å². The van der Waals surface area contributed by atoms with Gasteiger partial charge in [-0.2, -0.15) is 4.37 Å². The Labute approximate surface area is 103 Å². The average Bonchev–Trinajstić information content (AvgIpc) is 2.81. The van der Waals surface area contributed by atoms with Crippen molar-refractivity contribution in [2.45, 2.75) is 0 Å². The van der Waals surface area contributed by atoms with Crippen molar-refractivity contribution in [2.24, 2.45) is 10.2 Å². The van der Waals surface area contributed by atoms with Crippen molar-refractivity contribution in [3.63, 3.8) is 0 Å². The molecule has 0 radical (unpaired) electrons. The first kappa shape index (κ1) is 10.1. The van der Waals surface area contributed by atoms with E-state index < -0.39 is 0 Å². The van der Waals surface area contributed by atoms with Crippen LogP contribution in [0.1, 0.15) is 0 Å². The van der Waals surface area contributed by atoms with Gasteiger partial charge >= 0.3 is 0 Å². The number of aromatic nitrogens is 1. The van der Waals surface area contributed by atoms with Crippen LogP contribution < -0.4 is 0 Å². The molecule has 3 rings (SSSR count). The second-order valence-electron chi connectivity index (χ2n) is 3.54. The zero-order valence-corrected chi connectivity index (χ0v) is 9.76. The number of azo groups is 1. The topological polar surface area (TPSA) is 37.6 Å². The number of benzene rings is 2. The Kier molecular flexibility index (Phi) is 2.63. The monoisotopic (exact) mass is 239 g/mol. The highest BCUT2D eigenvalue weighted by Crippen LogP contribution is 2.31. The molecule has 3 aromatic rings. The van der Waals surface area contributed by atoms with Crippen molar-refractivity contribution in [2.75, 3.05) is 0 Å². The van der Waals surface area contributed by atoms with Gasteiger partial charge in [-0.1, -0.05) is 30.3 Å². The lowest BCUT2D eigenvalue weighted by molar-refractivity contribution is 1.26. The Morgan fingerprint density at radius 3 is 2.47 bits per heavy atom. The van der Waals surface area contributed by atoms with Crippen LogP contribution in [0.3, 0.4) is 0 Å². The van der Waals surface area contributed by atoms with Crippen molar-refractivity contribution in [1.82, 2.24) is 4.37 Å². The lowest BCUT2D eigenvalue weighted by atomic mass is 10.2. The number of fused-ring (bicyclic) bond motifs is 1. The molecule has 1 aromatic heterocycles. The maximum absolute atomic E-state index is 4.32. The summed E-state index contributed by atoms with van der Waals surface area (Å²) in [5.74, 6) is 0. The van der Waals surface area contributed by atoms with E-state index >= 15 is 0 Å². The third-order valence-electron chi connectivity index (χ3n) is 2.38. The third-order valence-corrected chi connectivity index (χ3v) is 3.14. The Morgan fingerprint density at radius 2 is 1.59 bits per heavy atom. The Balaban J connectivity index is 1.98. The molecular weight excluding hydrogens is 230 g/mol.